The summed E-state index contributed by atoms with van der Waals surface area (Å²) < 4.78 is 1.49. The number of hydrogen-bond acceptors (Lipinski definition) is 3. The van der Waals surface area contributed by atoms with Crippen LogP contribution in [0.25, 0.3) is 10.9 Å². The molecule has 0 atom stereocenters. The molecule has 0 aliphatic carbocycles. The number of hydrogen-bond donors (Lipinski definition) is 1. The van der Waals surface area contributed by atoms with Gasteiger partial charge >= 0.3 is 0 Å². The van der Waals surface area contributed by atoms with Crippen molar-refractivity contribution in [3.8, 4) is 0 Å². The third-order valence-electron chi connectivity index (χ3n) is 4.14. The van der Waals surface area contributed by atoms with E-state index in [1.165, 1.54) is 10.9 Å². The van der Waals surface area contributed by atoms with Gasteiger partial charge < -0.3 is 5.32 Å². The van der Waals surface area contributed by atoms with Crippen LogP contribution in [0.3, 0.4) is 0 Å². The molecule has 0 spiro atoms. The molecule has 5 heteroatoms. The fourth-order valence-corrected chi connectivity index (χ4v) is 2.99. The molecule has 3 rings (SSSR count). The second-order valence-corrected chi connectivity index (χ2v) is 6.39. The average Bonchev–Trinajstić information content (AvgIpc) is 2.54. The first kappa shape index (κ1) is 16.9. The number of aryl methyl sites for hydroxylation is 4. The van der Waals surface area contributed by atoms with Gasteiger partial charge in [0.15, 0.2) is 0 Å². The minimum Gasteiger partial charge on any atom is -0.326 e. The number of nitrogens with one attached hydrogen (secondary N) is 1. The van der Waals surface area contributed by atoms with Gasteiger partial charge in [-0.3, -0.25) is 14.2 Å². The van der Waals surface area contributed by atoms with Gasteiger partial charge in [-0.15, -0.1) is 0 Å². The Kier molecular flexibility index (Phi) is 4.65. The molecule has 0 radical (unpaired) electrons. The zero-order valence-corrected chi connectivity index (χ0v) is 14.7. The van der Waals surface area contributed by atoms with Gasteiger partial charge in [0.25, 0.3) is 5.56 Å². The molecule has 5 nitrogen and oxygen atoms in total. The second-order valence-electron chi connectivity index (χ2n) is 6.39. The van der Waals surface area contributed by atoms with E-state index in [1.807, 2.05) is 45.0 Å². The Morgan fingerprint density at radius 1 is 1.12 bits per heavy atom. The molecule has 0 aliphatic heterocycles. The number of benzene rings is 2. The first-order valence-electron chi connectivity index (χ1n) is 8.27. The summed E-state index contributed by atoms with van der Waals surface area (Å²) in [6.07, 6.45) is 1.73. The third kappa shape index (κ3) is 3.76. The lowest BCUT2D eigenvalue weighted by atomic mass is 10.1. The minimum absolute atomic E-state index is 0.118. The van der Waals surface area contributed by atoms with E-state index in [-0.39, 0.29) is 17.9 Å². The van der Waals surface area contributed by atoms with Crippen molar-refractivity contribution >= 4 is 22.5 Å². The van der Waals surface area contributed by atoms with Crippen molar-refractivity contribution in [1.82, 2.24) is 9.55 Å². The van der Waals surface area contributed by atoms with Gasteiger partial charge in [0, 0.05) is 18.7 Å². The summed E-state index contributed by atoms with van der Waals surface area (Å²) in [5.41, 5.74) is 4.54. The van der Waals surface area contributed by atoms with E-state index in [9.17, 15) is 9.59 Å². The van der Waals surface area contributed by atoms with Crippen molar-refractivity contribution in [3.63, 3.8) is 0 Å². The van der Waals surface area contributed by atoms with Gasteiger partial charge in [0.2, 0.25) is 5.91 Å². The fourth-order valence-electron chi connectivity index (χ4n) is 2.99. The quantitative estimate of drug-likeness (QED) is 0.795. The van der Waals surface area contributed by atoms with E-state index >= 15 is 0 Å². The molecule has 3 aromatic rings. The third-order valence-corrected chi connectivity index (χ3v) is 4.14. The summed E-state index contributed by atoms with van der Waals surface area (Å²) in [5, 5.41) is 3.47. The Morgan fingerprint density at radius 2 is 1.84 bits per heavy atom. The molecule has 0 saturated carbocycles. The summed E-state index contributed by atoms with van der Waals surface area (Å²) >= 11 is 0. The zero-order valence-electron chi connectivity index (χ0n) is 14.7. The average molecular weight is 335 g/mol. The highest BCUT2D eigenvalue weighted by molar-refractivity contribution is 5.90. The number of carbonyl (C=O) groups is 1. The van der Waals surface area contributed by atoms with Gasteiger partial charge in [-0.25, -0.2) is 4.98 Å². The van der Waals surface area contributed by atoms with Crippen LogP contribution in [-0.4, -0.2) is 15.5 Å². The number of carbonyl (C=O) groups excluding carboxylic acids is 1. The van der Waals surface area contributed by atoms with Crippen LogP contribution in [0.1, 0.15) is 23.1 Å². The van der Waals surface area contributed by atoms with Crippen molar-refractivity contribution < 1.29 is 4.79 Å². The van der Waals surface area contributed by atoms with Crippen molar-refractivity contribution in [3.05, 3.63) is 69.8 Å². The molecule has 128 valence electrons. The molecule has 2 aromatic carbocycles. The normalized spacial score (nSPS) is 10.8. The van der Waals surface area contributed by atoms with E-state index in [4.69, 9.17) is 0 Å². The van der Waals surface area contributed by atoms with Crippen LogP contribution in [-0.2, 0) is 11.3 Å². The zero-order chi connectivity index (χ0) is 18.0. The molecule has 25 heavy (non-hydrogen) atoms. The molecule has 0 unspecified atom stereocenters. The largest absolute Gasteiger partial charge is 0.326 e. The smallest absolute Gasteiger partial charge is 0.261 e. The van der Waals surface area contributed by atoms with Crippen molar-refractivity contribution in [2.24, 2.45) is 0 Å². The van der Waals surface area contributed by atoms with Crippen LogP contribution >= 0.6 is 0 Å². The summed E-state index contributed by atoms with van der Waals surface area (Å²) in [6.45, 7) is 6.21. The maximum absolute atomic E-state index is 12.5. The number of aromatic nitrogens is 2. The molecule has 1 N–H and O–H groups in total. The Hall–Kier alpha value is -2.95. The maximum Gasteiger partial charge on any atom is 0.261 e. The summed E-state index contributed by atoms with van der Waals surface area (Å²) in [6, 6.07) is 11.4. The maximum atomic E-state index is 12.5. The van der Waals surface area contributed by atoms with E-state index < -0.39 is 0 Å². The summed E-state index contributed by atoms with van der Waals surface area (Å²) in [4.78, 5) is 29.1. The summed E-state index contributed by atoms with van der Waals surface area (Å²) in [5.74, 6) is -0.124. The predicted molar refractivity (Wildman–Crippen MR) is 99.9 cm³/mol. The Balaban J connectivity index is 1.73. The highest BCUT2D eigenvalue weighted by atomic mass is 16.1. The lowest BCUT2D eigenvalue weighted by molar-refractivity contribution is -0.116. The van der Waals surface area contributed by atoms with Crippen molar-refractivity contribution in [2.75, 3.05) is 5.32 Å². The molecule has 0 aliphatic rings. The molecule has 1 amide bonds. The van der Waals surface area contributed by atoms with E-state index in [1.54, 1.807) is 6.07 Å². The number of anilines is 1. The van der Waals surface area contributed by atoms with Crippen molar-refractivity contribution in [2.45, 2.75) is 33.7 Å². The lowest BCUT2D eigenvalue weighted by Crippen LogP contribution is -2.23. The highest BCUT2D eigenvalue weighted by Gasteiger charge is 2.08. The van der Waals surface area contributed by atoms with Gasteiger partial charge in [0.1, 0.15) is 0 Å². The van der Waals surface area contributed by atoms with E-state index in [0.29, 0.717) is 17.4 Å². The monoisotopic (exact) mass is 335 g/mol. The standard InChI is InChI=1S/C20H21N3O2/c1-13-9-14(2)11-16(10-13)22-18(24)7-8-23-12-21-19-15(3)5-4-6-17(19)20(23)25/h4-6,9-12H,7-8H2,1-3H3,(H,22,24). The number of amides is 1. The first-order valence-corrected chi connectivity index (χ1v) is 8.27. The second kappa shape index (κ2) is 6.89. The molecule has 0 fully saturated rings. The Bertz CT molecular complexity index is 985. The number of rotatable bonds is 4. The van der Waals surface area contributed by atoms with Gasteiger partial charge in [0.05, 0.1) is 17.2 Å². The highest BCUT2D eigenvalue weighted by Crippen LogP contribution is 2.14. The predicted octanol–water partition coefficient (Wildman–Crippen LogP) is 3.35. The minimum atomic E-state index is -0.124. The van der Waals surface area contributed by atoms with Crippen LogP contribution in [0, 0.1) is 20.8 Å². The van der Waals surface area contributed by atoms with Crippen LogP contribution in [0.15, 0.2) is 47.5 Å². The molecule has 1 aromatic heterocycles. The molecular weight excluding hydrogens is 314 g/mol. The topological polar surface area (TPSA) is 64.0 Å². The lowest BCUT2D eigenvalue weighted by Gasteiger charge is -2.09. The fraction of sp³-hybridized carbons (Fsp3) is 0.250. The Labute approximate surface area is 146 Å². The SMILES string of the molecule is Cc1cc(C)cc(NC(=O)CCn2cnc3c(C)cccc3c2=O)c1. The molecular formula is C20H21N3O2. The Morgan fingerprint density at radius 3 is 2.56 bits per heavy atom. The van der Waals surface area contributed by atoms with Crippen molar-refractivity contribution in [1.29, 1.82) is 0 Å². The van der Waals surface area contributed by atoms with Crippen LogP contribution in [0.5, 0.6) is 0 Å². The summed E-state index contributed by atoms with van der Waals surface area (Å²) in [7, 11) is 0. The van der Waals surface area contributed by atoms with E-state index in [0.717, 1.165) is 22.4 Å². The number of nitrogens with zero attached hydrogens (tertiary/aromatic N) is 2. The van der Waals surface area contributed by atoms with Crippen LogP contribution in [0.2, 0.25) is 0 Å². The van der Waals surface area contributed by atoms with E-state index in [2.05, 4.69) is 16.4 Å². The van der Waals surface area contributed by atoms with Crippen LogP contribution in [0.4, 0.5) is 5.69 Å². The van der Waals surface area contributed by atoms with Gasteiger partial charge in [-0.1, -0.05) is 18.2 Å². The first-order chi connectivity index (χ1) is 11.9. The number of fused-ring (bicyclic) bond motifs is 1. The van der Waals surface area contributed by atoms with Gasteiger partial charge in [-0.2, -0.15) is 0 Å². The van der Waals surface area contributed by atoms with Gasteiger partial charge in [-0.05, 0) is 55.7 Å². The molecule has 0 saturated heterocycles. The molecule has 0 bridgehead atoms. The number of para-hydroxylation sites is 1. The molecule has 1 heterocycles. The van der Waals surface area contributed by atoms with Crippen LogP contribution < -0.4 is 10.9 Å².